The topological polar surface area (TPSA) is 181 Å². The lowest BCUT2D eigenvalue weighted by Crippen LogP contribution is -2.64. The highest BCUT2D eigenvalue weighted by molar-refractivity contribution is 6.39. The van der Waals surface area contributed by atoms with Crippen molar-refractivity contribution in [3.63, 3.8) is 0 Å². The molecule has 1 N–H and O–H groups in total. The van der Waals surface area contributed by atoms with E-state index < -0.39 is 59.8 Å². The summed E-state index contributed by atoms with van der Waals surface area (Å²) in [7, 11) is 4.80. The van der Waals surface area contributed by atoms with Crippen LogP contribution in [-0.4, -0.2) is 124 Å². The van der Waals surface area contributed by atoms with Crippen LogP contribution < -0.4 is 0 Å². The number of allylic oxidation sites excluding steroid dienone is 3. The number of tetrazole rings is 1. The van der Waals surface area contributed by atoms with Gasteiger partial charge in [0, 0.05) is 40.2 Å². The third kappa shape index (κ3) is 10.8. The maximum absolute atomic E-state index is 14.4. The standard InChI is InChI=1S/C44H69N5O10/c1-10-31-21-26(2)20-27(3)22-38(56-8)40-39(57-9)23-28(4)44(54,59-40)41(51)42(52)48-19-12-11-14-34(48)43(53)58-36(16-13-15-35(31)50)30(6)29(5)32-17-18-33(37(24-32)55-7)49-46-25-45-47-49/h21,25-28,32-34,36-40,54H,10-20,22-24H2,1-9H3. The van der Waals surface area contributed by atoms with Crippen molar-refractivity contribution in [3.8, 4) is 0 Å². The van der Waals surface area contributed by atoms with Crippen LogP contribution in [0.5, 0.6) is 0 Å². The molecule has 59 heavy (non-hydrogen) atoms. The Morgan fingerprint density at radius 2 is 1.59 bits per heavy atom. The van der Waals surface area contributed by atoms with Gasteiger partial charge >= 0.3 is 5.97 Å². The summed E-state index contributed by atoms with van der Waals surface area (Å²) >= 11 is 0. The zero-order chi connectivity index (χ0) is 43.0. The number of methoxy groups -OCH3 is 3. The molecule has 15 nitrogen and oxygen atoms in total. The molecule has 2 bridgehead atoms. The average molecular weight is 828 g/mol. The van der Waals surface area contributed by atoms with Crippen molar-refractivity contribution in [2.45, 2.75) is 173 Å². The molecule has 1 aliphatic carbocycles. The van der Waals surface area contributed by atoms with E-state index in [2.05, 4.69) is 42.3 Å². The Morgan fingerprint density at radius 1 is 0.881 bits per heavy atom. The molecule has 2 saturated heterocycles. The molecule has 0 radical (unpaired) electrons. The molecule has 1 aromatic rings. The summed E-state index contributed by atoms with van der Waals surface area (Å²) < 4.78 is 30.4. The summed E-state index contributed by atoms with van der Waals surface area (Å²) in [5.74, 6) is -5.56. The molecule has 5 rings (SSSR count). The van der Waals surface area contributed by atoms with E-state index in [0.717, 1.165) is 36.0 Å². The van der Waals surface area contributed by atoms with Gasteiger partial charge in [-0.1, -0.05) is 39.3 Å². The predicted octanol–water partition coefficient (Wildman–Crippen LogP) is 5.51. The van der Waals surface area contributed by atoms with Crippen molar-refractivity contribution >= 4 is 23.4 Å². The Balaban J connectivity index is 1.48. The van der Waals surface area contributed by atoms with Crippen LogP contribution in [0.2, 0.25) is 0 Å². The van der Waals surface area contributed by atoms with Gasteiger partial charge in [-0.25, -0.2) is 4.79 Å². The van der Waals surface area contributed by atoms with Crippen molar-refractivity contribution in [2.75, 3.05) is 27.9 Å². The molecule has 4 aliphatic rings. The first kappa shape index (κ1) is 46.7. The Hall–Kier alpha value is -3.37. The minimum atomic E-state index is -2.46. The minimum Gasteiger partial charge on any atom is -0.456 e. The number of fused-ring (bicyclic) bond motifs is 3. The van der Waals surface area contributed by atoms with Gasteiger partial charge in [0.05, 0.1) is 24.4 Å². The van der Waals surface area contributed by atoms with Gasteiger partial charge in [-0.3, -0.25) is 14.4 Å². The van der Waals surface area contributed by atoms with Gasteiger partial charge in [-0.2, -0.15) is 4.80 Å². The number of hydrogen-bond acceptors (Lipinski definition) is 13. The molecule has 1 aromatic heterocycles. The van der Waals surface area contributed by atoms with Gasteiger partial charge in [-0.15, -0.1) is 10.2 Å². The summed E-state index contributed by atoms with van der Waals surface area (Å²) in [6, 6.07) is -1.09. The molecule has 0 aromatic carbocycles. The van der Waals surface area contributed by atoms with Crippen LogP contribution in [0.1, 0.15) is 131 Å². The minimum absolute atomic E-state index is 0.0529. The zero-order valence-electron chi connectivity index (χ0n) is 36.8. The number of aliphatic hydroxyl groups is 1. The summed E-state index contributed by atoms with van der Waals surface area (Å²) in [6.45, 7) is 12.1. The Morgan fingerprint density at radius 3 is 2.25 bits per heavy atom. The van der Waals surface area contributed by atoms with Crippen LogP contribution in [0.25, 0.3) is 0 Å². The molecule has 12 atom stereocenters. The monoisotopic (exact) mass is 828 g/mol. The van der Waals surface area contributed by atoms with E-state index in [0.29, 0.717) is 57.8 Å². The number of piperidine rings is 1. The van der Waals surface area contributed by atoms with E-state index in [1.54, 1.807) is 33.0 Å². The number of aromatic nitrogens is 4. The molecule has 3 aliphatic heterocycles. The second-order valence-electron chi connectivity index (χ2n) is 17.6. The summed E-state index contributed by atoms with van der Waals surface area (Å²) in [5, 5.41) is 24.3. The maximum Gasteiger partial charge on any atom is 0.329 e. The van der Waals surface area contributed by atoms with E-state index >= 15 is 0 Å². The van der Waals surface area contributed by atoms with Crippen LogP contribution in [0.3, 0.4) is 0 Å². The second-order valence-corrected chi connectivity index (χ2v) is 17.6. The van der Waals surface area contributed by atoms with Gasteiger partial charge < -0.3 is 33.7 Å². The number of rotatable bonds is 7. The first-order valence-corrected chi connectivity index (χ1v) is 21.8. The summed E-state index contributed by atoms with van der Waals surface area (Å²) in [5.41, 5.74) is 2.76. The fourth-order valence-electron chi connectivity index (χ4n) is 10.00. The fraction of sp³-hybridized carbons (Fsp3) is 0.795. The number of hydrogen-bond donors (Lipinski definition) is 1. The van der Waals surface area contributed by atoms with Gasteiger partial charge in [-0.05, 0) is 125 Å². The summed E-state index contributed by atoms with van der Waals surface area (Å²) in [4.78, 5) is 59.5. The Labute approximate surface area is 349 Å². The average Bonchev–Trinajstić information content (AvgIpc) is 3.78. The van der Waals surface area contributed by atoms with Crippen LogP contribution in [0.15, 0.2) is 29.1 Å². The Bertz CT molecular complexity index is 1670. The highest BCUT2D eigenvalue weighted by atomic mass is 16.7. The van der Waals surface area contributed by atoms with Crippen LogP contribution >= 0.6 is 0 Å². The second kappa shape index (κ2) is 20.9. The number of carbonyl (C=O) groups excluding carboxylic acids is 4. The highest BCUT2D eigenvalue weighted by Crippen LogP contribution is 2.41. The van der Waals surface area contributed by atoms with E-state index in [9.17, 15) is 24.3 Å². The molecule has 15 heteroatoms. The first-order valence-electron chi connectivity index (χ1n) is 21.8. The number of carbonyl (C=O) groups is 4. The van der Waals surface area contributed by atoms with Crippen molar-refractivity contribution in [2.24, 2.45) is 23.7 Å². The number of nitrogens with zero attached hydrogens (tertiary/aromatic N) is 5. The molecular weight excluding hydrogens is 759 g/mol. The van der Waals surface area contributed by atoms with Crippen molar-refractivity contribution in [3.05, 3.63) is 29.1 Å². The van der Waals surface area contributed by atoms with E-state index in [-0.39, 0.29) is 48.6 Å². The van der Waals surface area contributed by atoms with Crippen LogP contribution in [0, 0.1) is 23.7 Å². The number of ether oxygens (including phenoxy) is 5. The number of amides is 1. The Kier molecular flexibility index (Phi) is 16.6. The van der Waals surface area contributed by atoms with Gasteiger partial charge in [0.25, 0.3) is 11.7 Å². The maximum atomic E-state index is 14.4. The van der Waals surface area contributed by atoms with E-state index in [1.807, 2.05) is 13.8 Å². The van der Waals surface area contributed by atoms with Gasteiger partial charge in [0.15, 0.2) is 12.1 Å². The smallest absolute Gasteiger partial charge is 0.329 e. The number of cyclic esters (lactones) is 1. The number of ketones is 2. The lowest BCUT2D eigenvalue weighted by molar-refractivity contribution is -0.302. The molecule has 330 valence electrons. The number of esters is 1. The SMILES string of the molecule is CCC1=CC(C)CC(C)CC(OC)C2OC(O)(C(=O)C(=O)N3CCCCC3C(=O)OC(C(C)=C(C)C3CCC(n4ncnn4)C(OC)C3)CCCC1=O)C(C)CC2OC. The first-order chi connectivity index (χ1) is 28.2. The predicted molar refractivity (Wildman–Crippen MR) is 218 cm³/mol. The molecule has 4 heterocycles. The largest absolute Gasteiger partial charge is 0.456 e. The zero-order valence-corrected chi connectivity index (χ0v) is 36.8. The van der Waals surface area contributed by atoms with E-state index in [4.69, 9.17) is 23.7 Å². The lowest BCUT2D eigenvalue weighted by Gasteiger charge is -2.47. The molecule has 3 fully saturated rings. The molecule has 0 spiro atoms. The molecule has 12 unspecified atom stereocenters. The van der Waals surface area contributed by atoms with Crippen LogP contribution in [-0.2, 0) is 42.9 Å². The van der Waals surface area contributed by atoms with Crippen LogP contribution in [0.4, 0.5) is 0 Å². The molecular formula is C44H69N5O10. The quantitative estimate of drug-likeness (QED) is 0.207. The van der Waals surface area contributed by atoms with Gasteiger partial charge in [0.1, 0.15) is 18.2 Å². The third-order valence-electron chi connectivity index (χ3n) is 13.7. The van der Waals surface area contributed by atoms with Crippen molar-refractivity contribution < 1.29 is 48.0 Å². The van der Waals surface area contributed by atoms with Crippen molar-refractivity contribution in [1.82, 2.24) is 25.1 Å². The van der Waals surface area contributed by atoms with Gasteiger partial charge in [0.2, 0.25) is 5.79 Å². The van der Waals surface area contributed by atoms with Crippen molar-refractivity contribution in [1.29, 1.82) is 0 Å². The number of Topliss-reactive ketones (excluding diaryl/α,β-unsaturated/α-hetero) is 2. The lowest BCUT2D eigenvalue weighted by atomic mass is 9.78. The summed E-state index contributed by atoms with van der Waals surface area (Å²) in [6.07, 6.45) is 7.92. The third-order valence-corrected chi connectivity index (χ3v) is 13.7. The normalized spacial score (nSPS) is 36.8. The molecule has 1 amide bonds. The fourth-order valence-corrected chi connectivity index (χ4v) is 10.00. The highest BCUT2D eigenvalue weighted by Gasteiger charge is 2.56. The molecule has 1 saturated carbocycles. The van der Waals surface area contributed by atoms with E-state index in [1.165, 1.54) is 11.2 Å².